The van der Waals surface area contributed by atoms with E-state index in [0.717, 1.165) is 27.2 Å². The predicted molar refractivity (Wildman–Crippen MR) is 85.5 cm³/mol. The van der Waals surface area contributed by atoms with Crippen LogP contribution in [0.2, 0.25) is 0 Å². The number of aromatic nitrogens is 3. The standard InChI is InChI=1S/C16H11N3O4S/c1-2-12(20-5-1)14-7-19-15(17-18-16(19)24-14)8-21-10-3-4-11-13(6-10)23-9-22-11/h1-7H,8-9H2. The highest BCUT2D eigenvalue weighted by Crippen LogP contribution is 2.35. The Labute approximate surface area is 140 Å². The Bertz CT molecular complexity index is 1010. The van der Waals surface area contributed by atoms with Crippen LogP contribution in [0.5, 0.6) is 17.2 Å². The summed E-state index contributed by atoms with van der Waals surface area (Å²) in [5.41, 5.74) is 0. The van der Waals surface area contributed by atoms with Crippen LogP contribution in [0.15, 0.2) is 47.2 Å². The molecule has 0 unspecified atom stereocenters. The lowest BCUT2D eigenvalue weighted by molar-refractivity contribution is 0.173. The summed E-state index contributed by atoms with van der Waals surface area (Å²) in [4.78, 5) is 1.79. The maximum absolute atomic E-state index is 5.81. The fourth-order valence-electron chi connectivity index (χ4n) is 2.49. The van der Waals surface area contributed by atoms with Crippen LogP contribution in [0, 0.1) is 0 Å². The summed E-state index contributed by atoms with van der Waals surface area (Å²) in [7, 11) is 0. The third-order valence-corrected chi connectivity index (χ3v) is 4.65. The lowest BCUT2D eigenvalue weighted by Gasteiger charge is -2.05. The molecule has 1 aromatic carbocycles. The Morgan fingerprint density at radius 2 is 2.12 bits per heavy atom. The smallest absolute Gasteiger partial charge is 0.231 e. The predicted octanol–water partition coefficient (Wildman–Crippen LogP) is 3.36. The first kappa shape index (κ1) is 13.4. The molecule has 0 bridgehead atoms. The zero-order chi connectivity index (χ0) is 15.9. The fraction of sp³-hybridized carbons (Fsp3) is 0.125. The van der Waals surface area contributed by atoms with E-state index in [-0.39, 0.29) is 6.79 Å². The number of thiazole rings is 1. The van der Waals surface area contributed by atoms with E-state index >= 15 is 0 Å². The molecule has 0 N–H and O–H groups in total. The summed E-state index contributed by atoms with van der Waals surface area (Å²) in [5, 5.41) is 8.36. The molecule has 3 aromatic heterocycles. The number of nitrogens with zero attached hydrogens (tertiary/aromatic N) is 3. The van der Waals surface area contributed by atoms with E-state index in [4.69, 9.17) is 18.6 Å². The molecular formula is C16H11N3O4S. The van der Waals surface area contributed by atoms with Crippen molar-refractivity contribution in [2.24, 2.45) is 0 Å². The molecule has 8 heteroatoms. The summed E-state index contributed by atoms with van der Waals surface area (Å²) >= 11 is 1.52. The Morgan fingerprint density at radius 3 is 3.04 bits per heavy atom. The molecule has 0 amide bonds. The van der Waals surface area contributed by atoms with Crippen molar-refractivity contribution < 1.29 is 18.6 Å². The molecule has 0 atom stereocenters. The second-order valence-electron chi connectivity index (χ2n) is 5.15. The van der Waals surface area contributed by atoms with Crippen molar-refractivity contribution in [1.29, 1.82) is 0 Å². The van der Waals surface area contributed by atoms with Crippen molar-refractivity contribution in [1.82, 2.24) is 14.6 Å². The zero-order valence-electron chi connectivity index (χ0n) is 12.3. The summed E-state index contributed by atoms with van der Waals surface area (Å²) in [6.07, 6.45) is 3.61. The molecule has 0 aliphatic carbocycles. The van der Waals surface area contributed by atoms with Gasteiger partial charge in [-0.2, -0.15) is 0 Å². The van der Waals surface area contributed by atoms with Gasteiger partial charge in [0.2, 0.25) is 11.8 Å². The van der Waals surface area contributed by atoms with Crippen LogP contribution < -0.4 is 14.2 Å². The van der Waals surface area contributed by atoms with Gasteiger partial charge < -0.3 is 18.6 Å². The second-order valence-corrected chi connectivity index (χ2v) is 6.15. The first-order chi connectivity index (χ1) is 11.9. The lowest BCUT2D eigenvalue weighted by Crippen LogP contribution is -2.00. The van der Waals surface area contributed by atoms with Gasteiger partial charge in [-0.15, -0.1) is 10.2 Å². The summed E-state index contributed by atoms with van der Waals surface area (Å²) in [6.45, 7) is 0.545. The Kier molecular flexibility index (Phi) is 2.95. The highest BCUT2D eigenvalue weighted by Gasteiger charge is 2.15. The Balaban J connectivity index is 1.39. The highest BCUT2D eigenvalue weighted by molar-refractivity contribution is 7.20. The van der Waals surface area contributed by atoms with Gasteiger partial charge in [-0.1, -0.05) is 11.3 Å². The van der Waals surface area contributed by atoms with Crippen LogP contribution in [-0.4, -0.2) is 21.4 Å². The van der Waals surface area contributed by atoms with Gasteiger partial charge >= 0.3 is 0 Å². The summed E-state index contributed by atoms with van der Waals surface area (Å²) in [5.74, 6) is 3.64. The molecule has 0 saturated heterocycles. The van der Waals surface area contributed by atoms with Gasteiger partial charge in [-0.05, 0) is 24.3 Å². The van der Waals surface area contributed by atoms with E-state index in [9.17, 15) is 0 Å². The van der Waals surface area contributed by atoms with E-state index < -0.39 is 0 Å². The first-order valence-electron chi connectivity index (χ1n) is 7.26. The van der Waals surface area contributed by atoms with Gasteiger partial charge in [0.05, 0.1) is 11.1 Å². The van der Waals surface area contributed by atoms with Crippen molar-refractivity contribution in [3.05, 3.63) is 48.6 Å². The number of furan rings is 1. The quantitative estimate of drug-likeness (QED) is 0.567. The molecule has 4 heterocycles. The van der Waals surface area contributed by atoms with Crippen molar-refractivity contribution in [3.63, 3.8) is 0 Å². The maximum atomic E-state index is 5.81. The van der Waals surface area contributed by atoms with Crippen molar-refractivity contribution in [2.45, 2.75) is 6.61 Å². The van der Waals surface area contributed by atoms with Crippen LogP contribution >= 0.6 is 11.3 Å². The monoisotopic (exact) mass is 341 g/mol. The van der Waals surface area contributed by atoms with Gasteiger partial charge in [0.25, 0.3) is 0 Å². The molecular weight excluding hydrogens is 330 g/mol. The highest BCUT2D eigenvalue weighted by atomic mass is 32.1. The summed E-state index contributed by atoms with van der Waals surface area (Å²) < 4.78 is 23.8. The van der Waals surface area contributed by atoms with E-state index in [2.05, 4.69) is 10.2 Å². The van der Waals surface area contributed by atoms with Crippen molar-refractivity contribution in [3.8, 4) is 27.9 Å². The van der Waals surface area contributed by atoms with Gasteiger partial charge in [0.15, 0.2) is 17.3 Å². The maximum Gasteiger partial charge on any atom is 0.231 e. The van der Waals surface area contributed by atoms with Gasteiger partial charge in [0.1, 0.15) is 18.1 Å². The number of hydrogen-bond donors (Lipinski definition) is 0. The fourth-order valence-corrected chi connectivity index (χ4v) is 3.40. The summed E-state index contributed by atoms with van der Waals surface area (Å²) in [6, 6.07) is 9.26. The Hall–Kier alpha value is -3.00. The number of fused-ring (bicyclic) bond motifs is 2. The third-order valence-electron chi connectivity index (χ3n) is 3.66. The second kappa shape index (κ2) is 5.27. The molecule has 24 heavy (non-hydrogen) atoms. The molecule has 7 nitrogen and oxygen atoms in total. The molecule has 120 valence electrons. The topological polar surface area (TPSA) is 71.0 Å². The van der Waals surface area contributed by atoms with Crippen LogP contribution in [0.25, 0.3) is 15.6 Å². The minimum absolute atomic E-state index is 0.244. The largest absolute Gasteiger partial charge is 0.485 e. The minimum atomic E-state index is 0.244. The molecule has 5 rings (SSSR count). The Morgan fingerprint density at radius 1 is 1.17 bits per heavy atom. The van der Waals surface area contributed by atoms with E-state index in [1.807, 2.05) is 40.9 Å². The number of ether oxygens (including phenoxy) is 3. The number of rotatable bonds is 4. The van der Waals surface area contributed by atoms with Crippen LogP contribution in [-0.2, 0) is 6.61 Å². The molecule has 0 fully saturated rings. The average molecular weight is 341 g/mol. The molecule has 0 spiro atoms. The van der Waals surface area contributed by atoms with Crippen LogP contribution in [0.3, 0.4) is 0 Å². The van der Waals surface area contributed by atoms with E-state index in [0.29, 0.717) is 18.1 Å². The zero-order valence-corrected chi connectivity index (χ0v) is 13.2. The van der Waals surface area contributed by atoms with Crippen LogP contribution in [0.1, 0.15) is 5.82 Å². The average Bonchev–Trinajstić information content (AvgIpc) is 3.34. The van der Waals surface area contributed by atoms with Gasteiger partial charge in [-0.25, -0.2) is 0 Å². The lowest BCUT2D eigenvalue weighted by atomic mass is 10.3. The molecule has 1 aliphatic rings. The van der Waals surface area contributed by atoms with E-state index in [1.54, 1.807) is 6.26 Å². The molecule has 0 saturated carbocycles. The molecule has 1 aliphatic heterocycles. The minimum Gasteiger partial charge on any atom is -0.485 e. The van der Waals surface area contributed by atoms with Crippen LogP contribution in [0.4, 0.5) is 0 Å². The van der Waals surface area contributed by atoms with Gasteiger partial charge in [0, 0.05) is 12.3 Å². The normalized spacial score (nSPS) is 12.8. The first-order valence-corrected chi connectivity index (χ1v) is 8.08. The SMILES string of the molecule is c1coc(-c2cn3c(COc4ccc5c(c4)OCO5)nnc3s2)c1. The molecule has 4 aromatic rings. The van der Waals surface area contributed by atoms with Crippen molar-refractivity contribution >= 4 is 16.3 Å². The van der Waals surface area contributed by atoms with Gasteiger partial charge in [-0.3, -0.25) is 4.40 Å². The van der Waals surface area contributed by atoms with Crippen molar-refractivity contribution in [2.75, 3.05) is 6.79 Å². The van der Waals surface area contributed by atoms with E-state index in [1.165, 1.54) is 11.3 Å². The molecule has 0 radical (unpaired) electrons. The number of benzene rings is 1. The third kappa shape index (κ3) is 2.19. The number of hydrogen-bond acceptors (Lipinski definition) is 7.